The van der Waals surface area contributed by atoms with Gasteiger partial charge in [0.2, 0.25) is 0 Å². The molecule has 0 bridgehead atoms. The topological polar surface area (TPSA) is 47.6 Å². The van der Waals surface area contributed by atoms with E-state index in [1.54, 1.807) is 0 Å². The van der Waals surface area contributed by atoms with E-state index in [9.17, 15) is 4.79 Å². The largest absolute Gasteiger partial charge is 0.492 e. The number of amides is 1. The Kier molecular flexibility index (Phi) is 6.24. The van der Waals surface area contributed by atoms with Crippen molar-refractivity contribution in [3.05, 3.63) is 58.7 Å². The fourth-order valence-corrected chi connectivity index (χ4v) is 2.59. The highest BCUT2D eigenvalue weighted by Gasteiger charge is 2.07. The molecule has 0 aliphatic carbocycles. The van der Waals surface area contributed by atoms with Crippen LogP contribution in [-0.2, 0) is 4.79 Å². The van der Waals surface area contributed by atoms with Gasteiger partial charge < -0.3 is 14.8 Å². The molecule has 128 valence electrons. The molecule has 0 aliphatic rings. The number of nitrogens with one attached hydrogen (secondary N) is 1. The molecule has 2 rings (SSSR count). The third kappa shape index (κ3) is 5.30. The van der Waals surface area contributed by atoms with Crippen LogP contribution in [0.25, 0.3) is 0 Å². The summed E-state index contributed by atoms with van der Waals surface area (Å²) in [5, 5.41) is 2.80. The Morgan fingerprint density at radius 1 is 0.958 bits per heavy atom. The van der Waals surface area contributed by atoms with Gasteiger partial charge in [-0.3, -0.25) is 4.79 Å². The summed E-state index contributed by atoms with van der Waals surface area (Å²) in [4.78, 5) is 11.9. The summed E-state index contributed by atoms with van der Waals surface area (Å²) in [6.45, 7) is 8.89. The highest BCUT2D eigenvalue weighted by Crippen LogP contribution is 2.22. The van der Waals surface area contributed by atoms with E-state index >= 15 is 0 Å². The Morgan fingerprint density at radius 3 is 2.21 bits per heavy atom. The summed E-state index contributed by atoms with van der Waals surface area (Å²) in [5.74, 6) is 1.45. The number of aryl methyl sites for hydroxylation is 4. The van der Waals surface area contributed by atoms with Crippen molar-refractivity contribution in [1.82, 2.24) is 5.32 Å². The maximum Gasteiger partial charge on any atom is 0.258 e. The number of para-hydroxylation sites is 1. The standard InChI is InChI=1S/C20H25NO3/c1-14-10-15(2)12-18(11-14)23-9-8-21-19(22)13-24-20-16(3)6-5-7-17(20)4/h5-7,10-12H,8-9,13H2,1-4H3,(H,21,22). The lowest BCUT2D eigenvalue weighted by atomic mass is 10.1. The van der Waals surface area contributed by atoms with E-state index in [0.717, 1.165) is 33.8 Å². The molecule has 1 N–H and O–H groups in total. The zero-order valence-electron chi connectivity index (χ0n) is 14.8. The van der Waals surface area contributed by atoms with Gasteiger partial charge in [0.1, 0.15) is 18.1 Å². The van der Waals surface area contributed by atoms with Gasteiger partial charge in [-0.2, -0.15) is 0 Å². The molecule has 0 saturated heterocycles. The van der Waals surface area contributed by atoms with E-state index in [2.05, 4.69) is 11.4 Å². The lowest BCUT2D eigenvalue weighted by Gasteiger charge is -2.12. The molecule has 4 nitrogen and oxygen atoms in total. The second kappa shape index (κ2) is 8.39. The monoisotopic (exact) mass is 327 g/mol. The fourth-order valence-electron chi connectivity index (χ4n) is 2.59. The van der Waals surface area contributed by atoms with Gasteiger partial charge in [0, 0.05) is 0 Å². The van der Waals surface area contributed by atoms with Crippen LogP contribution in [0.1, 0.15) is 22.3 Å². The third-order valence-electron chi connectivity index (χ3n) is 3.64. The molecule has 0 atom stereocenters. The smallest absolute Gasteiger partial charge is 0.258 e. The summed E-state index contributed by atoms with van der Waals surface area (Å²) in [7, 11) is 0. The first-order valence-electron chi connectivity index (χ1n) is 8.12. The number of carbonyl (C=O) groups excluding carboxylic acids is 1. The van der Waals surface area contributed by atoms with E-state index in [-0.39, 0.29) is 12.5 Å². The summed E-state index contributed by atoms with van der Waals surface area (Å²) in [6, 6.07) is 12.0. The van der Waals surface area contributed by atoms with Crippen molar-refractivity contribution in [3.63, 3.8) is 0 Å². The highest BCUT2D eigenvalue weighted by molar-refractivity contribution is 5.77. The summed E-state index contributed by atoms with van der Waals surface area (Å²) < 4.78 is 11.3. The van der Waals surface area contributed by atoms with Crippen LogP contribution in [0.2, 0.25) is 0 Å². The first kappa shape index (κ1) is 17.9. The van der Waals surface area contributed by atoms with Crippen LogP contribution in [0.5, 0.6) is 11.5 Å². The lowest BCUT2D eigenvalue weighted by Crippen LogP contribution is -2.32. The van der Waals surface area contributed by atoms with Gasteiger partial charge in [0.05, 0.1) is 6.54 Å². The molecule has 0 saturated carbocycles. The summed E-state index contributed by atoms with van der Waals surface area (Å²) >= 11 is 0. The predicted octanol–water partition coefficient (Wildman–Crippen LogP) is 3.49. The fraction of sp³-hybridized carbons (Fsp3) is 0.350. The normalized spacial score (nSPS) is 10.3. The first-order valence-corrected chi connectivity index (χ1v) is 8.12. The van der Waals surface area contributed by atoms with Crippen LogP contribution in [0.3, 0.4) is 0 Å². The molecule has 2 aromatic carbocycles. The minimum Gasteiger partial charge on any atom is -0.492 e. The Morgan fingerprint density at radius 2 is 1.58 bits per heavy atom. The van der Waals surface area contributed by atoms with Crippen molar-refractivity contribution in [2.24, 2.45) is 0 Å². The van der Waals surface area contributed by atoms with Gasteiger partial charge >= 0.3 is 0 Å². The van der Waals surface area contributed by atoms with Gasteiger partial charge in [-0.1, -0.05) is 24.3 Å². The van der Waals surface area contributed by atoms with Crippen LogP contribution in [0.4, 0.5) is 0 Å². The molecule has 1 amide bonds. The number of rotatable bonds is 7. The van der Waals surface area contributed by atoms with Gasteiger partial charge in [-0.05, 0) is 62.1 Å². The number of hydrogen-bond donors (Lipinski definition) is 1. The van der Waals surface area contributed by atoms with Crippen molar-refractivity contribution >= 4 is 5.91 Å². The molecular weight excluding hydrogens is 302 g/mol. The number of ether oxygens (including phenoxy) is 2. The van der Waals surface area contributed by atoms with E-state index in [4.69, 9.17) is 9.47 Å². The number of carbonyl (C=O) groups is 1. The molecule has 0 aliphatic heterocycles. The molecule has 24 heavy (non-hydrogen) atoms. The summed E-state index contributed by atoms with van der Waals surface area (Å²) in [6.07, 6.45) is 0. The molecule has 0 heterocycles. The van der Waals surface area contributed by atoms with E-state index in [1.807, 2.05) is 58.0 Å². The zero-order valence-corrected chi connectivity index (χ0v) is 14.8. The Balaban J connectivity index is 1.72. The Bertz CT molecular complexity index is 670. The van der Waals surface area contributed by atoms with Crippen molar-refractivity contribution in [2.75, 3.05) is 19.8 Å². The molecule has 2 aromatic rings. The van der Waals surface area contributed by atoms with E-state index < -0.39 is 0 Å². The minimum absolute atomic E-state index is 0.00917. The molecule has 0 fully saturated rings. The van der Waals surface area contributed by atoms with Crippen LogP contribution in [-0.4, -0.2) is 25.7 Å². The zero-order chi connectivity index (χ0) is 17.5. The van der Waals surface area contributed by atoms with Crippen LogP contribution in [0, 0.1) is 27.7 Å². The van der Waals surface area contributed by atoms with Crippen LogP contribution < -0.4 is 14.8 Å². The SMILES string of the molecule is Cc1cc(C)cc(OCCNC(=O)COc2c(C)cccc2C)c1. The minimum atomic E-state index is -0.151. The Labute approximate surface area is 143 Å². The number of hydrogen-bond acceptors (Lipinski definition) is 3. The van der Waals surface area contributed by atoms with Gasteiger partial charge in [0.15, 0.2) is 6.61 Å². The second-order valence-electron chi connectivity index (χ2n) is 6.03. The molecule has 0 unspecified atom stereocenters. The van der Waals surface area contributed by atoms with Gasteiger partial charge in [-0.15, -0.1) is 0 Å². The lowest BCUT2D eigenvalue weighted by molar-refractivity contribution is -0.123. The molecular formula is C20H25NO3. The Hall–Kier alpha value is -2.49. The van der Waals surface area contributed by atoms with Gasteiger partial charge in [0.25, 0.3) is 5.91 Å². The molecule has 4 heteroatoms. The quantitative estimate of drug-likeness (QED) is 0.792. The maximum absolute atomic E-state index is 11.9. The van der Waals surface area contributed by atoms with Crippen molar-refractivity contribution < 1.29 is 14.3 Å². The molecule has 0 radical (unpaired) electrons. The first-order chi connectivity index (χ1) is 11.5. The van der Waals surface area contributed by atoms with Gasteiger partial charge in [-0.25, -0.2) is 0 Å². The second-order valence-corrected chi connectivity index (χ2v) is 6.03. The predicted molar refractivity (Wildman–Crippen MR) is 95.8 cm³/mol. The average Bonchev–Trinajstić information content (AvgIpc) is 2.50. The van der Waals surface area contributed by atoms with Crippen molar-refractivity contribution in [1.29, 1.82) is 0 Å². The number of benzene rings is 2. The summed E-state index contributed by atoms with van der Waals surface area (Å²) in [5.41, 5.74) is 4.38. The van der Waals surface area contributed by atoms with Crippen molar-refractivity contribution in [3.8, 4) is 11.5 Å². The maximum atomic E-state index is 11.9. The highest BCUT2D eigenvalue weighted by atomic mass is 16.5. The molecule has 0 spiro atoms. The van der Waals surface area contributed by atoms with Crippen LogP contribution >= 0.6 is 0 Å². The van der Waals surface area contributed by atoms with E-state index in [0.29, 0.717) is 13.2 Å². The van der Waals surface area contributed by atoms with Crippen molar-refractivity contribution in [2.45, 2.75) is 27.7 Å². The van der Waals surface area contributed by atoms with Crippen LogP contribution in [0.15, 0.2) is 36.4 Å². The van der Waals surface area contributed by atoms with E-state index in [1.165, 1.54) is 0 Å². The molecule has 0 aromatic heterocycles. The third-order valence-corrected chi connectivity index (χ3v) is 3.64. The average molecular weight is 327 g/mol.